The number of hydrogen-bond donors (Lipinski definition) is 2. The average Bonchev–Trinajstić information content (AvgIpc) is 2.48. The summed E-state index contributed by atoms with van der Waals surface area (Å²) in [6, 6.07) is 8.17. The number of carbonyl (C=O) groups excluding carboxylic acids is 1. The lowest BCUT2D eigenvalue weighted by molar-refractivity contribution is 0.0520. The van der Waals surface area contributed by atoms with Crippen molar-refractivity contribution in [3.05, 3.63) is 36.9 Å². The van der Waals surface area contributed by atoms with Crippen LogP contribution in [0.4, 0.5) is 10.5 Å². The first-order chi connectivity index (χ1) is 11.3. The van der Waals surface area contributed by atoms with Gasteiger partial charge in [-0.2, -0.15) is 0 Å². The third-order valence-electron chi connectivity index (χ3n) is 3.09. The molecule has 1 aromatic rings. The van der Waals surface area contributed by atoms with E-state index in [0.29, 0.717) is 19.2 Å². The van der Waals surface area contributed by atoms with E-state index in [0.717, 1.165) is 24.3 Å². The summed E-state index contributed by atoms with van der Waals surface area (Å²) in [5.74, 6) is 0.766. The predicted molar refractivity (Wildman–Crippen MR) is 98.7 cm³/mol. The fourth-order valence-electron chi connectivity index (χ4n) is 2.04. The smallest absolute Gasteiger partial charge is 0.407 e. The molecule has 1 unspecified atom stereocenters. The van der Waals surface area contributed by atoms with E-state index >= 15 is 0 Å². The molecule has 134 valence electrons. The van der Waals surface area contributed by atoms with Gasteiger partial charge in [0.25, 0.3) is 0 Å². The van der Waals surface area contributed by atoms with Crippen LogP contribution in [-0.2, 0) is 4.74 Å². The minimum Gasteiger partial charge on any atom is -0.492 e. The van der Waals surface area contributed by atoms with Crippen LogP contribution in [0, 0.1) is 0 Å². The highest BCUT2D eigenvalue weighted by Crippen LogP contribution is 2.18. The van der Waals surface area contributed by atoms with Gasteiger partial charge in [0.2, 0.25) is 0 Å². The number of nitrogens with one attached hydrogen (secondary N) is 2. The van der Waals surface area contributed by atoms with Gasteiger partial charge in [0.15, 0.2) is 0 Å². The Morgan fingerprint density at radius 2 is 2.12 bits per heavy atom. The van der Waals surface area contributed by atoms with E-state index in [1.54, 1.807) is 0 Å². The summed E-state index contributed by atoms with van der Waals surface area (Å²) in [5, 5.41) is 6.10. The quantitative estimate of drug-likeness (QED) is 0.520. The number of hydrogen-bond acceptors (Lipinski definition) is 4. The first-order valence-corrected chi connectivity index (χ1v) is 8.37. The molecule has 0 fully saturated rings. The summed E-state index contributed by atoms with van der Waals surface area (Å²) >= 11 is 0. The number of ether oxygens (including phenoxy) is 2. The molecule has 0 saturated carbocycles. The molecule has 0 bridgehead atoms. The van der Waals surface area contributed by atoms with Gasteiger partial charge in [0.05, 0.1) is 6.54 Å². The van der Waals surface area contributed by atoms with Crippen LogP contribution in [0.1, 0.15) is 40.5 Å². The number of anilines is 1. The Kier molecular flexibility index (Phi) is 8.16. The molecule has 0 spiro atoms. The van der Waals surface area contributed by atoms with E-state index in [1.165, 1.54) is 0 Å². The molecule has 0 aliphatic heterocycles. The molecule has 0 aromatic heterocycles. The largest absolute Gasteiger partial charge is 0.492 e. The second-order valence-corrected chi connectivity index (χ2v) is 6.72. The summed E-state index contributed by atoms with van der Waals surface area (Å²) in [7, 11) is 0. The van der Waals surface area contributed by atoms with Gasteiger partial charge in [-0.25, -0.2) is 4.79 Å². The second-order valence-electron chi connectivity index (χ2n) is 6.72. The minimum absolute atomic E-state index is 0.368. The Morgan fingerprint density at radius 1 is 1.38 bits per heavy atom. The van der Waals surface area contributed by atoms with Crippen LogP contribution in [-0.4, -0.2) is 30.9 Å². The van der Waals surface area contributed by atoms with Crippen molar-refractivity contribution >= 4 is 11.8 Å². The monoisotopic (exact) mass is 334 g/mol. The van der Waals surface area contributed by atoms with E-state index in [2.05, 4.69) is 24.1 Å². The number of rotatable bonds is 9. The lowest BCUT2D eigenvalue weighted by atomic mass is 10.1. The van der Waals surface area contributed by atoms with Crippen molar-refractivity contribution in [2.24, 2.45) is 0 Å². The summed E-state index contributed by atoms with van der Waals surface area (Å²) in [4.78, 5) is 11.5. The number of allylic oxidation sites excluding steroid dienone is 1. The van der Waals surface area contributed by atoms with Crippen molar-refractivity contribution < 1.29 is 14.3 Å². The average molecular weight is 334 g/mol. The maximum Gasteiger partial charge on any atom is 0.407 e. The normalized spacial score (nSPS) is 12.2. The molecule has 5 heteroatoms. The van der Waals surface area contributed by atoms with Gasteiger partial charge in [-0.15, -0.1) is 6.58 Å². The molecule has 1 amide bonds. The fourth-order valence-corrected chi connectivity index (χ4v) is 2.04. The minimum atomic E-state index is -0.493. The molecule has 5 nitrogen and oxygen atoms in total. The topological polar surface area (TPSA) is 59.6 Å². The van der Waals surface area contributed by atoms with Crippen molar-refractivity contribution in [3.63, 3.8) is 0 Å². The summed E-state index contributed by atoms with van der Waals surface area (Å²) in [6.45, 7) is 12.1. The number of alkyl carbamates (subject to hydrolysis) is 1. The van der Waals surface area contributed by atoms with Crippen LogP contribution in [0.15, 0.2) is 36.9 Å². The lowest BCUT2D eigenvalue weighted by Gasteiger charge is -2.19. The predicted octanol–water partition coefficient (Wildman–Crippen LogP) is 4.36. The number of benzene rings is 1. The van der Waals surface area contributed by atoms with E-state index in [-0.39, 0.29) is 0 Å². The van der Waals surface area contributed by atoms with Gasteiger partial charge in [-0.1, -0.05) is 12.1 Å². The molecule has 0 aliphatic carbocycles. The summed E-state index contributed by atoms with van der Waals surface area (Å²) in [6.07, 6.45) is 3.52. The van der Waals surface area contributed by atoms with Crippen molar-refractivity contribution in [3.8, 4) is 5.75 Å². The third-order valence-corrected chi connectivity index (χ3v) is 3.09. The first-order valence-electron chi connectivity index (χ1n) is 8.37. The maximum atomic E-state index is 11.5. The molecular formula is C19H30N2O3. The Balaban J connectivity index is 2.34. The Bertz CT molecular complexity index is 524. The molecule has 1 atom stereocenters. The van der Waals surface area contributed by atoms with E-state index in [1.807, 2.05) is 51.1 Å². The number of carbonyl (C=O) groups is 1. The van der Waals surface area contributed by atoms with Crippen LogP contribution >= 0.6 is 0 Å². The highest BCUT2D eigenvalue weighted by Gasteiger charge is 2.15. The molecule has 1 rings (SSSR count). The van der Waals surface area contributed by atoms with Crippen molar-refractivity contribution in [1.82, 2.24) is 5.32 Å². The summed E-state index contributed by atoms with van der Waals surface area (Å²) < 4.78 is 10.8. The zero-order valence-corrected chi connectivity index (χ0v) is 15.2. The van der Waals surface area contributed by atoms with Crippen LogP contribution in [0.5, 0.6) is 5.75 Å². The van der Waals surface area contributed by atoms with Crippen LogP contribution in [0.25, 0.3) is 0 Å². The van der Waals surface area contributed by atoms with Crippen molar-refractivity contribution in [2.45, 2.75) is 52.2 Å². The van der Waals surface area contributed by atoms with Gasteiger partial charge in [-0.3, -0.25) is 0 Å². The molecular weight excluding hydrogens is 304 g/mol. The third kappa shape index (κ3) is 9.08. The molecule has 0 radical (unpaired) electrons. The molecule has 0 saturated heterocycles. The van der Waals surface area contributed by atoms with Crippen LogP contribution in [0.2, 0.25) is 0 Å². The highest BCUT2D eigenvalue weighted by atomic mass is 16.6. The first kappa shape index (κ1) is 19.9. The Morgan fingerprint density at radius 3 is 2.79 bits per heavy atom. The Hall–Kier alpha value is -2.17. The SMILES string of the molecule is C=CCCC(C)Nc1cccc(OCCNC(=O)OC(C)(C)C)c1. The fraction of sp³-hybridized carbons (Fsp3) is 0.526. The maximum absolute atomic E-state index is 11.5. The van der Waals surface area contributed by atoms with Gasteiger partial charge in [0, 0.05) is 17.8 Å². The standard InChI is InChI=1S/C19H30N2O3/c1-6-7-9-15(2)21-16-10-8-11-17(14-16)23-13-12-20-18(22)24-19(3,4)5/h6,8,10-11,14-15,21H,1,7,9,12-13H2,2-5H3,(H,20,22). The molecule has 0 heterocycles. The van der Waals surface area contributed by atoms with E-state index in [9.17, 15) is 4.79 Å². The zero-order valence-electron chi connectivity index (χ0n) is 15.2. The lowest BCUT2D eigenvalue weighted by Crippen LogP contribution is -2.34. The van der Waals surface area contributed by atoms with Crippen molar-refractivity contribution in [2.75, 3.05) is 18.5 Å². The van der Waals surface area contributed by atoms with Crippen LogP contribution in [0.3, 0.4) is 0 Å². The second kappa shape index (κ2) is 9.85. The van der Waals surface area contributed by atoms with Crippen molar-refractivity contribution in [1.29, 1.82) is 0 Å². The summed E-state index contributed by atoms with van der Waals surface area (Å²) in [5.41, 5.74) is 0.525. The molecule has 1 aromatic carbocycles. The zero-order chi connectivity index (χ0) is 18.0. The molecule has 2 N–H and O–H groups in total. The number of amides is 1. The highest BCUT2D eigenvalue weighted by molar-refractivity contribution is 5.67. The molecule has 24 heavy (non-hydrogen) atoms. The van der Waals surface area contributed by atoms with Crippen LogP contribution < -0.4 is 15.4 Å². The van der Waals surface area contributed by atoms with Gasteiger partial charge in [0.1, 0.15) is 18.0 Å². The van der Waals surface area contributed by atoms with Gasteiger partial charge >= 0.3 is 6.09 Å². The van der Waals surface area contributed by atoms with Gasteiger partial charge < -0.3 is 20.1 Å². The Labute approximate surface area is 145 Å². The molecule has 0 aliphatic rings. The van der Waals surface area contributed by atoms with E-state index < -0.39 is 11.7 Å². The van der Waals surface area contributed by atoms with Gasteiger partial charge in [-0.05, 0) is 52.7 Å². The van der Waals surface area contributed by atoms with E-state index in [4.69, 9.17) is 9.47 Å².